The molecule has 2 heterocycles. The number of aryl methyl sites for hydroxylation is 2. The second-order valence-electron chi connectivity index (χ2n) is 4.55. The van der Waals surface area contributed by atoms with Crippen molar-refractivity contribution in [3.8, 4) is 0 Å². The molecule has 102 valence electrons. The van der Waals surface area contributed by atoms with E-state index >= 15 is 0 Å². The van der Waals surface area contributed by atoms with Crippen molar-refractivity contribution in [2.75, 3.05) is 17.6 Å². The number of hydrogen-bond acceptors (Lipinski definition) is 5. The van der Waals surface area contributed by atoms with Gasteiger partial charge in [-0.05, 0) is 18.9 Å². The molecule has 0 atom stereocenters. The van der Waals surface area contributed by atoms with Crippen LogP contribution in [-0.2, 0) is 13.0 Å². The topological polar surface area (TPSA) is 81.6 Å². The second kappa shape index (κ2) is 6.17. The lowest BCUT2D eigenvalue weighted by Crippen LogP contribution is -2.13. The van der Waals surface area contributed by atoms with Crippen molar-refractivity contribution < 1.29 is 0 Å². The molecule has 0 unspecified atom stereocenters. The Balaban J connectivity index is 1.91. The highest BCUT2D eigenvalue weighted by atomic mass is 15.3. The summed E-state index contributed by atoms with van der Waals surface area (Å²) in [6.45, 7) is 5.67. The van der Waals surface area contributed by atoms with Gasteiger partial charge in [0.2, 0.25) is 0 Å². The van der Waals surface area contributed by atoms with Crippen LogP contribution in [0.3, 0.4) is 0 Å². The number of nitrogens with one attached hydrogen (secondary N) is 1. The van der Waals surface area contributed by atoms with Crippen LogP contribution >= 0.6 is 0 Å². The molecule has 0 aromatic carbocycles. The van der Waals surface area contributed by atoms with Crippen molar-refractivity contribution in [2.24, 2.45) is 0 Å². The second-order valence-corrected chi connectivity index (χ2v) is 4.55. The van der Waals surface area contributed by atoms with Crippen LogP contribution in [-0.4, -0.2) is 26.3 Å². The third-order valence-electron chi connectivity index (χ3n) is 2.68. The summed E-state index contributed by atoms with van der Waals surface area (Å²) in [5, 5.41) is 7.48. The maximum absolute atomic E-state index is 5.77. The largest absolute Gasteiger partial charge is 0.384 e. The van der Waals surface area contributed by atoms with E-state index in [2.05, 4.69) is 27.3 Å². The van der Waals surface area contributed by atoms with Crippen LogP contribution in [0.4, 0.5) is 11.6 Å². The highest BCUT2D eigenvalue weighted by Crippen LogP contribution is 2.09. The first-order valence-corrected chi connectivity index (χ1v) is 6.53. The molecule has 0 saturated heterocycles. The third-order valence-corrected chi connectivity index (χ3v) is 2.68. The molecule has 6 nitrogen and oxygen atoms in total. The average molecular weight is 260 g/mol. The van der Waals surface area contributed by atoms with Crippen LogP contribution in [0.5, 0.6) is 0 Å². The molecule has 0 radical (unpaired) electrons. The van der Waals surface area contributed by atoms with Gasteiger partial charge in [0.15, 0.2) is 0 Å². The van der Waals surface area contributed by atoms with Crippen molar-refractivity contribution >= 4 is 11.6 Å². The minimum Gasteiger partial charge on any atom is -0.384 e. The minimum absolute atomic E-state index is 0.510. The van der Waals surface area contributed by atoms with Crippen LogP contribution in [0, 0.1) is 6.92 Å². The van der Waals surface area contributed by atoms with Gasteiger partial charge < -0.3 is 11.1 Å². The molecule has 0 amide bonds. The number of rotatable bonds is 6. The number of anilines is 2. The van der Waals surface area contributed by atoms with Crippen LogP contribution in [0.25, 0.3) is 0 Å². The van der Waals surface area contributed by atoms with Crippen LogP contribution in [0.2, 0.25) is 0 Å². The lowest BCUT2D eigenvalue weighted by Gasteiger charge is -2.08. The quantitative estimate of drug-likeness (QED) is 0.825. The molecule has 0 fully saturated rings. The average Bonchev–Trinajstić information content (AvgIpc) is 2.75. The molecule has 0 aliphatic heterocycles. The van der Waals surface area contributed by atoms with Crippen molar-refractivity contribution in [1.29, 1.82) is 0 Å². The van der Waals surface area contributed by atoms with Gasteiger partial charge in [0.25, 0.3) is 0 Å². The normalized spacial score (nSPS) is 10.6. The molecule has 2 aromatic heterocycles. The Labute approximate surface area is 113 Å². The molecule has 0 saturated carbocycles. The zero-order chi connectivity index (χ0) is 13.7. The zero-order valence-electron chi connectivity index (χ0n) is 11.4. The van der Waals surface area contributed by atoms with Crippen molar-refractivity contribution in [1.82, 2.24) is 19.7 Å². The molecule has 0 aliphatic rings. The molecule has 0 bridgehead atoms. The number of aromatic nitrogens is 4. The van der Waals surface area contributed by atoms with E-state index in [9.17, 15) is 0 Å². The van der Waals surface area contributed by atoms with E-state index in [1.165, 1.54) is 0 Å². The summed E-state index contributed by atoms with van der Waals surface area (Å²) in [6.07, 6.45) is 5.72. The van der Waals surface area contributed by atoms with Gasteiger partial charge in [-0.2, -0.15) is 5.10 Å². The van der Waals surface area contributed by atoms with E-state index in [-0.39, 0.29) is 0 Å². The third kappa shape index (κ3) is 3.94. The fraction of sp³-hybridized carbons (Fsp3) is 0.462. The summed E-state index contributed by atoms with van der Waals surface area (Å²) in [7, 11) is 0. The summed E-state index contributed by atoms with van der Waals surface area (Å²) in [4.78, 5) is 8.63. The highest BCUT2D eigenvalue weighted by Gasteiger charge is 2.02. The van der Waals surface area contributed by atoms with Crippen molar-refractivity contribution in [3.05, 3.63) is 29.8 Å². The van der Waals surface area contributed by atoms with Crippen molar-refractivity contribution in [2.45, 2.75) is 33.2 Å². The molecule has 6 heteroatoms. The Morgan fingerprint density at radius 3 is 2.89 bits per heavy atom. The van der Waals surface area contributed by atoms with Gasteiger partial charge in [0.05, 0.1) is 12.7 Å². The van der Waals surface area contributed by atoms with Gasteiger partial charge in [-0.3, -0.25) is 4.68 Å². The summed E-state index contributed by atoms with van der Waals surface area (Å²) in [5.74, 6) is 2.08. The molecule has 0 aliphatic carbocycles. The summed E-state index contributed by atoms with van der Waals surface area (Å²) in [6, 6.07) is 1.76. The maximum atomic E-state index is 5.77. The van der Waals surface area contributed by atoms with E-state index in [0.717, 1.165) is 43.1 Å². The molecular formula is C13H20N6. The van der Waals surface area contributed by atoms with Gasteiger partial charge in [-0.1, -0.05) is 6.92 Å². The van der Waals surface area contributed by atoms with E-state index in [1.807, 2.05) is 24.0 Å². The number of hydrogen-bond donors (Lipinski definition) is 2. The standard InChI is InChI=1S/C13H20N6/c1-3-4-12-17-11(14)7-13(18-12)15-5-6-19-9-10(2)8-16-19/h7-9H,3-6H2,1-2H3,(H3,14,15,17,18). The molecule has 0 spiro atoms. The van der Waals surface area contributed by atoms with Gasteiger partial charge in [0, 0.05) is 25.2 Å². The van der Waals surface area contributed by atoms with E-state index in [1.54, 1.807) is 6.07 Å². The first-order valence-electron chi connectivity index (χ1n) is 6.53. The summed E-state index contributed by atoms with van der Waals surface area (Å²) < 4.78 is 1.90. The van der Waals surface area contributed by atoms with Gasteiger partial charge in [-0.15, -0.1) is 0 Å². The predicted molar refractivity (Wildman–Crippen MR) is 75.9 cm³/mol. The number of nitrogen functional groups attached to an aromatic ring is 1. The SMILES string of the molecule is CCCc1nc(N)cc(NCCn2cc(C)cn2)n1. The fourth-order valence-electron chi connectivity index (χ4n) is 1.83. The Bertz CT molecular complexity index is 534. The molecule has 2 aromatic rings. The number of nitrogens with two attached hydrogens (primary N) is 1. The Hall–Kier alpha value is -2.11. The first-order chi connectivity index (χ1) is 9.17. The maximum Gasteiger partial charge on any atom is 0.133 e. The zero-order valence-corrected chi connectivity index (χ0v) is 11.4. The molecule has 3 N–H and O–H groups in total. The predicted octanol–water partition coefficient (Wildman–Crippen LogP) is 1.63. The van der Waals surface area contributed by atoms with Crippen LogP contribution < -0.4 is 11.1 Å². The van der Waals surface area contributed by atoms with Crippen LogP contribution in [0.1, 0.15) is 24.7 Å². The molecule has 19 heavy (non-hydrogen) atoms. The molecule has 2 rings (SSSR count). The van der Waals surface area contributed by atoms with Gasteiger partial charge >= 0.3 is 0 Å². The smallest absolute Gasteiger partial charge is 0.133 e. The highest BCUT2D eigenvalue weighted by molar-refractivity contribution is 5.44. The van der Waals surface area contributed by atoms with E-state index in [4.69, 9.17) is 5.73 Å². The lowest BCUT2D eigenvalue weighted by molar-refractivity contribution is 0.636. The summed E-state index contributed by atoms with van der Waals surface area (Å²) in [5.41, 5.74) is 6.93. The Morgan fingerprint density at radius 2 is 2.21 bits per heavy atom. The van der Waals surface area contributed by atoms with Crippen LogP contribution in [0.15, 0.2) is 18.5 Å². The summed E-state index contributed by atoms with van der Waals surface area (Å²) >= 11 is 0. The molecular weight excluding hydrogens is 240 g/mol. The first kappa shape index (κ1) is 13.3. The van der Waals surface area contributed by atoms with E-state index in [0.29, 0.717) is 5.82 Å². The van der Waals surface area contributed by atoms with Crippen molar-refractivity contribution in [3.63, 3.8) is 0 Å². The number of nitrogens with zero attached hydrogens (tertiary/aromatic N) is 4. The van der Waals surface area contributed by atoms with Gasteiger partial charge in [0.1, 0.15) is 17.5 Å². The van der Waals surface area contributed by atoms with Gasteiger partial charge in [-0.25, -0.2) is 9.97 Å². The van der Waals surface area contributed by atoms with E-state index < -0.39 is 0 Å². The minimum atomic E-state index is 0.510. The monoisotopic (exact) mass is 260 g/mol. The fourth-order valence-corrected chi connectivity index (χ4v) is 1.83. The lowest BCUT2D eigenvalue weighted by atomic mass is 10.3. The Kier molecular flexibility index (Phi) is 4.33. The Morgan fingerprint density at radius 1 is 1.37 bits per heavy atom.